The molecule has 3 rings (SSSR count). The van der Waals surface area contributed by atoms with Crippen molar-refractivity contribution < 1.29 is 22.5 Å². The molecule has 28 heavy (non-hydrogen) atoms. The number of rotatable bonds is 7. The van der Waals surface area contributed by atoms with Crippen LogP contribution in [-0.2, 0) is 14.6 Å². The van der Waals surface area contributed by atoms with Gasteiger partial charge in [-0.1, -0.05) is 37.7 Å². The number of hydrogen-bond acceptors (Lipinski definition) is 7. The third kappa shape index (κ3) is 6.46. The van der Waals surface area contributed by atoms with Crippen molar-refractivity contribution in [1.29, 1.82) is 0 Å². The van der Waals surface area contributed by atoms with Crippen LogP contribution in [0.5, 0.6) is 0 Å². The molecule has 1 aliphatic rings. The van der Waals surface area contributed by atoms with Gasteiger partial charge in [-0.15, -0.1) is 0 Å². The summed E-state index contributed by atoms with van der Waals surface area (Å²) < 4.78 is 31.0. The molecule has 0 fully saturated rings. The van der Waals surface area contributed by atoms with Gasteiger partial charge in [0.1, 0.15) is 5.82 Å². The molecule has 2 aromatic rings. The molecule has 0 amide bonds. The van der Waals surface area contributed by atoms with E-state index in [1.807, 2.05) is 24.0 Å². The Morgan fingerprint density at radius 2 is 1.82 bits per heavy atom. The molecule has 1 aromatic heterocycles. The van der Waals surface area contributed by atoms with Crippen molar-refractivity contribution in [2.45, 2.75) is 42.5 Å². The molecular formula is C19H27N3O4S2. The molecule has 0 unspecified atom stereocenters. The minimum atomic E-state index is -4.41. The molecule has 0 spiro atoms. The quantitative estimate of drug-likeness (QED) is 0.537. The van der Waals surface area contributed by atoms with Crippen molar-refractivity contribution in [2.75, 3.05) is 25.1 Å². The third-order valence-corrected chi connectivity index (χ3v) is 6.00. The zero-order chi connectivity index (χ0) is 20.6. The zero-order valence-electron chi connectivity index (χ0n) is 16.4. The summed E-state index contributed by atoms with van der Waals surface area (Å²) in [5.41, 5.74) is 1.29. The lowest BCUT2D eigenvalue weighted by molar-refractivity contribution is -0.687. The number of fused-ring (bicyclic) bond motifs is 2. The van der Waals surface area contributed by atoms with Crippen molar-refractivity contribution in [3.8, 4) is 0 Å². The summed E-state index contributed by atoms with van der Waals surface area (Å²) in [5.74, 6) is 1.10. The zero-order valence-corrected chi connectivity index (χ0v) is 18.0. The Kier molecular flexibility index (Phi) is 8.71. The molecule has 0 radical (unpaired) electrons. The Balaban J connectivity index is 0.000000409. The molecule has 0 aliphatic carbocycles. The van der Waals surface area contributed by atoms with Gasteiger partial charge in [0.05, 0.1) is 36.8 Å². The maximum atomic E-state index is 9.22. The first-order valence-corrected chi connectivity index (χ1v) is 11.4. The number of nitrogens with zero attached hydrogens (tertiary/aromatic N) is 2. The Morgan fingerprint density at radius 1 is 1.18 bits per heavy atom. The van der Waals surface area contributed by atoms with Crippen LogP contribution in [0.15, 0.2) is 52.4 Å². The van der Waals surface area contributed by atoms with Gasteiger partial charge in [0.2, 0.25) is 10.4 Å². The molecule has 2 N–H and O–H groups in total. The number of aromatic nitrogens is 1. The van der Waals surface area contributed by atoms with Crippen LogP contribution in [0.2, 0.25) is 0 Å². The van der Waals surface area contributed by atoms with Crippen LogP contribution >= 0.6 is 11.8 Å². The Morgan fingerprint density at radius 3 is 2.46 bits per heavy atom. The number of nitrogens with two attached hydrogens (primary N) is 1. The minimum absolute atomic E-state index is 0.734. The van der Waals surface area contributed by atoms with Crippen LogP contribution in [0, 0.1) is 0 Å². The SMILES string of the molecule is CCC(CC)[NH2+]CCN1c2ccccc2Sc2cccnc21.COS(=O)(=O)[O-]. The molecule has 0 bridgehead atoms. The molecule has 0 atom stereocenters. The number of anilines is 2. The molecule has 1 aromatic carbocycles. The van der Waals surface area contributed by atoms with Crippen molar-refractivity contribution >= 4 is 33.7 Å². The highest BCUT2D eigenvalue weighted by Crippen LogP contribution is 2.46. The predicted molar refractivity (Wildman–Crippen MR) is 110 cm³/mol. The first kappa shape index (κ1) is 22.6. The van der Waals surface area contributed by atoms with E-state index in [1.54, 1.807) is 0 Å². The number of para-hydroxylation sites is 1. The molecule has 0 saturated carbocycles. The van der Waals surface area contributed by atoms with Crippen molar-refractivity contribution in [1.82, 2.24) is 4.98 Å². The van der Waals surface area contributed by atoms with Gasteiger partial charge in [-0.3, -0.25) is 4.18 Å². The molecule has 9 heteroatoms. The van der Waals surface area contributed by atoms with E-state index < -0.39 is 10.4 Å². The number of quaternary nitrogens is 1. The molecule has 154 valence electrons. The standard InChI is InChI=1S/C18H23N3S.CH4O4S/c1-3-14(4-2)19-12-13-21-15-8-5-6-9-16(15)22-17-10-7-11-20-18(17)21;1-5-6(2,3)4/h5-11,14,19H,3-4,12-13H2,1-2H3;1H3,(H,2,3,4). The molecule has 7 nitrogen and oxygen atoms in total. The molecule has 0 saturated heterocycles. The van der Waals surface area contributed by atoms with Gasteiger partial charge in [0, 0.05) is 11.1 Å². The van der Waals surface area contributed by atoms with E-state index in [9.17, 15) is 13.0 Å². The largest absolute Gasteiger partial charge is 0.726 e. The fourth-order valence-corrected chi connectivity index (χ4v) is 4.02. The van der Waals surface area contributed by atoms with E-state index in [0.717, 1.165) is 32.1 Å². The number of benzene rings is 1. The van der Waals surface area contributed by atoms with Crippen molar-refractivity contribution in [3.63, 3.8) is 0 Å². The van der Waals surface area contributed by atoms with Crippen molar-refractivity contribution in [3.05, 3.63) is 42.6 Å². The summed E-state index contributed by atoms with van der Waals surface area (Å²) in [7, 11) is -3.60. The van der Waals surface area contributed by atoms with E-state index in [4.69, 9.17) is 0 Å². The number of pyridine rings is 1. The van der Waals surface area contributed by atoms with E-state index in [1.165, 1.54) is 28.3 Å². The van der Waals surface area contributed by atoms with Gasteiger partial charge < -0.3 is 14.8 Å². The maximum absolute atomic E-state index is 9.22. The number of hydrogen-bond donors (Lipinski definition) is 1. The van der Waals surface area contributed by atoms with E-state index in [2.05, 4.69) is 63.6 Å². The van der Waals surface area contributed by atoms with Crippen LogP contribution in [-0.4, -0.2) is 44.2 Å². The van der Waals surface area contributed by atoms with Gasteiger partial charge in [-0.2, -0.15) is 0 Å². The smallest absolute Gasteiger partial charge is 0.217 e. The van der Waals surface area contributed by atoms with Gasteiger partial charge in [0.15, 0.2) is 0 Å². The van der Waals surface area contributed by atoms with Gasteiger partial charge in [-0.25, -0.2) is 13.4 Å². The lowest BCUT2D eigenvalue weighted by atomic mass is 10.2. The Labute approximate surface area is 171 Å². The Hall–Kier alpha value is -1.65. The maximum Gasteiger partial charge on any atom is 0.217 e. The summed E-state index contributed by atoms with van der Waals surface area (Å²) in [5, 5.41) is 2.48. The van der Waals surface area contributed by atoms with Crippen LogP contribution in [0.4, 0.5) is 11.5 Å². The van der Waals surface area contributed by atoms with Crippen LogP contribution in [0.1, 0.15) is 26.7 Å². The summed E-state index contributed by atoms with van der Waals surface area (Å²) in [6, 6.07) is 13.6. The van der Waals surface area contributed by atoms with Crippen LogP contribution < -0.4 is 10.2 Å². The monoisotopic (exact) mass is 425 g/mol. The first-order chi connectivity index (χ1) is 13.4. The second-order valence-electron chi connectivity index (χ2n) is 6.22. The lowest BCUT2D eigenvalue weighted by Crippen LogP contribution is -2.91. The Bertz CT molecular complexity index is 812. The van der Waals surface area contributed by atoms with Gasteiger partial charge >= 0.3 is 0 Å². The average molecular weight is 426 g/mol. The van der Waals surface area contributed by atoms with Crippen LogP contribution in [0.3, 0.4) is 0 Å². The highest BCUT2D eigenvalue weighted by Gasteiger charge is 2.24. The third-order valence-electron chi connectivity index (χ3n) is 4.49. The second kappa shape index (κ2) is 10.8. The topological polar surface area (TPSA) is 99.2 Å². The fraction of sp³-hybridized carbons (Fsp3) is 0.421. The van der Waals surface area contributed by atoms with Crippen LogP contribution in [0.25, 0.3) is 0 Å². The molecule has 2 heterocycles. The first-order valence-electron chi connectivity index (χ1n) is 9.23. The van der Waals surface area contributed by atoms with E-state index in [-0.39, 0.29) is 0 Å². The highest BCUT2D eigenvalue weighted by atomic mass is 32.3. The van der Waals surface area contributed by atoms with E-state index >= 15 is 0 Å². The summed E-state index contributed by atoms with van der Waals surface area (Å²) >= 11 is 1.82. The minimum Gasteiger partial charge on any atom is -0.726 e. The predicted octanol–water partition coefficient (Wildman–Crippen LogP) is 2.53. The highest BCUT2D eigenvalue weighted by molar-refractivity contribution is 7.99. The normalized spacial score (nSPS) is 12.8. The molecular weight excluding hydrogens is 398 g/mol. The summed E-state index contributed by atoms with van der Waals surface area (Å²) in [6.07, 6.45) is 4.36. The second-order valence-corrected chi connectivity index (χ2v) is 8.46. The summed E-state index contributed by atoms with van der Waals surface area (Å²) in [6.45, 7) is 6.64. The lowest BCUT2D eigenvalue weighted by Gasteiger charge is -2.31. The summed E-state index contributed by atoms with van der Waals surface area (Å²) in [4.78, 5) is 9.58. The molecule has 1 aliphatic heterocycles. The van der Waals surface area contributed by atoms with Gasteiger partial charge in [0.25, 0.3) is 0 Å². The van der Waals surface area contributed by atoms with E-state index in [0.29, 0.717) is 0 Å². The fourth-order valence-electron chi connectivity index (χ4n) is 2.95. The van der Waals surface area contributed by atoms with Crippen molar-refractivity contribution in [2.24, 2.45) is 0 Å². The average Bonchev–Trinajstić information content (AvgIpc) is 2.70. The van der Waals surface area contributed by atoms with Gasteiger partial charge in [-0.05, 0) is 37.1 Å².